The Morgan fingerprint density at radius 1 is 1.53 bits per heavy atom. The van der Waals surface area contributed by atoms with Gasteiger partial charge in [-0.15, -0.1) is 11.6 Å². The van der Waals surface area contributed by atoms with Gasteiger partial charge >= 0.3 is 0 Å². The number of alkyl halides is 2. The fourth-order valence-electron chi connectivity index (χ4n) is 1.34. The molecule has 0 aromatic heterocycles. The van der Waals surface area contributed by atoms with Crippen molar-refractivity contribution >= 4 is 29.0 Å². The van der Waals surface area contributed by atoms with Gasteiger partial charge in [0.2, 0.25) is 0 Å². The number of rotatable bonds is 6. The summed E-state index contributed by atoms with van der Waals surface area (Å²) in [5, 5.41) is 9.83. The molecule has 0 aliphatic carbocycles. The molecule has 0 radical (unpaired) electrons. The Morgan fingerprint density at radius 2 is 2.24 bits per heavy atom. The molecule has 0 aliphatic rings. The Balaban J connectivity index is 2.72. The van der Waals surface area contributed by atoms with Crippen LogP contribution in [-0.4, -0.2) is 22.3 Å². The van der Waals surface area contributed by atoms with E-state index in [4.69, 9.17) is 27.9 Å². The molecule has 17 heavy (non-hydrogen) atoms. The lowest BCUT2D eigenvalue weighted by Gasteiger charge is -2.11. The standard InChI is InChI=1S/C12H14Cl2O3/c1-8(15)10-4-2-3-9(12(10)16)7-17-11(14)5-6-13/h2-4,11,16H,5-7H2,1H3. The number of hydrogen-bond acceptors (Lipinski definition) is 3. The van der Waals surface area contributed by atoms with E-state index in [0.29, 0.717) is 17.9 Å². The van der Waals surface area contributed by atoms with Crippen molar-refractivity contribution in [2.75, 3.05) is 5.88 Å². The first-order valence-corrected chi connectivity index (χ1v) is 6.16. The maximum Gasteiger partial charge on any atom is 0.163 e. The lowest BCUT2D eigenvalue weighted by atomic mass is 10.1. The van der Waals surface area contributed by atoms with Gasteiger partial charge in [-0.25, -0.2) is 0 Å². The number of hydrogen-bond donors (Lipinski definition) is 1. The zero-order valence-corrected chi connectivity index (χ0v) is 11.0. The van der Waals surface area contributed by atoms with Gasteiger partial charge in [-0.1, -0.05) is 23.7 Å². The Kier molecular flexibility index (Phi) is 5.75. The second kappa shape index (κ2) is 6.84. The van der Waals surface area contributed by atoms with E-state index in [1.807, 2.05) is 0 Å². The number of aromatic hydroxyl groups is 1. The quantitative estimate of drug-likeness (QED) is 0.641. The number of para-hydroxylation sites is 1. The molecule has 1 N–H and O–H groups in total. The molecule has 1 unspecified atom stereocenters. The van der Waals surface area contributed by atoms with Gasteiger partial charge in [0.15, 0.2) is 5.78 Å². The van der Waals surface area contributed by atoms with Crippen molar-refractivity contribution in [3.63, 3.8) is 0 Å². The number of carbonyl (C=O) groups is 1. The van der Waals surface area contributed by atoms with E-state index in [-0.39, 0.29) is 23.7 Å². The van der Waals surface area contributed by atoms with Gasteiger partial charge in [0, 0.05) is 17.9 Å². The van der Waals surface area contributed by atoms with Crippen molar-refractivity contribution in [3.8, 4) is 5.75 Å². The monoisotopic (exact) mass is 276 g/mol. The minimum atomic E-state index is -0.493. The maximum atomic E-state index is 11.2. The second-order valence-electron chi connectivity index (χ2n) is 3.57. The van der Waals surface area contributed by atoms with Gasteiger partial charge in [-0.05, 0) is 13.0 Å². The number of phenolic OH excluding ortho intramolecular Hbond substituents is 1. The Bertz CT molecular complexity index is 393. The van der Waals surface area contributed by atoms with Crippen LogP contribution in [0.3, 0.4) is 0 Å². The summed E-state index contributed by atoms with van der Waals surface area (Å²) < 4.78 is 5.29. The van der Waals surface area contributed by atoms with Crippen molar-refractivity contribution in [2.45, 2.75) is 25.5 Å². The molecule has 0 fully saturated rings. The molecule has 1 aromatic carbocycles. The molecule has 0 saturated heterocycles. The zero-order chi connectivity index (χ0) is 12.8. The number of halogens is 2. The van der Waals surface area contributed by atoms with Gasteiger partial charge in [0.1, 0.15) is 11.3 Å². The first-order chi connectivity index (χ1) is 8.06. The number of phenols is 1. The van der Waals surface area contributed by atoms with Gasteiger partial charge in [0.05, 0.1) is 12.2 Å². The summed E-state index contributed by atoms with van der Waals surface area (Å²) >= 11 is 11.3. The number of ketones is 1. The highest BCUT2D eigenvalue weighted by Gasteiger charge is 2.12. The van der Waals surface area contributed by atoms with E-state index in [9.17, 15) is 9.90 Å². The molecule has 1 atom stereocenters. The highest BCUT2D eigenvalue weighted by Crippen LogP contribution is 2.24. The number of ether oxygens (including phenoxy) is 1. The molecule has 0 heterocycles. The number of benzene rings is 1. The smallest absolute Gasteiger partial charge is 0.163 e. The Morgan fingerprint density at radius 3 is 2.82 bits per heavy atom. The average molecular weight is 277 g/mol. The topological polar surface area (TPSA) is 46.5 Å². The minimum absolute atomic E-state index is 0.0465. The zero-order valence-electron chi connectivity index (χ0n) is 9.45. The van der Waals surface area contributed by atoms with Crippen molar-refractivity contribution in [3.05, 3.63) is 29.3 Å². The lowest BCUT2D eigenvalue weighted by Crippen LogP contribution is -2.06. The normalized spacial score (nSPS) is 12.4. The van der Waals surface area contributed by atoms with E-state index in [1.165, 1.54) is 6.92 Å². The second-order valence-corrected chi connectivity index (χ2v) is 4.43. The van der Waals surface area contributed by atoms with Crippen molar-refractivity contribution in [2.24, 2.45) is 0 Å². The fraction of sp³-hybridized carbons (Fsp3) is 0.417. The van der Waals surface area contributed by atoms with Crippen molar-refractivity contribution in [1.82, 2.24) is 0 Å². The van der Waals surface area contributed by atoms with Crippen LogP contribution in [-0.2, 0) is 11.3 Å². The van der Waals surface area contributed by atoms with Crippen LogP contribution in [0.5, 0.6) is 5.75 Å². The molecule has 0 saturated carbocycles. The molecule has 0 spiro atoms. The third kappa shape index (κ3) is 4.19. The largest absolute Gasteiger partial charge is 0.507 e. The summed E-state index contributed by atoms with van der Waals surface area (Å²) in [7, 11) is 0. The molecule has 0 aliphatic heterocycles. The summed E-state index contributed by atoms with van der Waals surface area (Å²) in [5.41, 5.74) is 0.334. The molecule has 5 heteroatoms. The average Bonchev–Trinajstić information content (AvgIpc) is 2.27. The number of carbonyl (C=O) groups excluding carboxylic acids is 1. The van der Waals surface area contributed by atoms with E-state index in [0.717, 1.165) is 0 Å². The summed E-state index contributed by atoms with van der Waals surface area (Å²) in [4.78, 5) is 11.2. The van der Waals surface area contributed by atoms with Crippen LogP contribution in [0.4, 0.5) is 0 Å². The summed E-state index contributed by atoms with van der Waals surface area (Å²) in [6, 6.07) is 4.95. The third-order valence-corrected chi connectivity index (χ3v) is 2.82. The molecule has 3 nitrogen and oxygen atoms in total. The van der Waals surface area contributed by atoms with Crippen molar-refractivity contribution < 1.29 is 14.6 Å². The first-order valence-electron chi connectivity index (χ1n) is 5.19. The summed E-state index contributed by atoms with van der Waals surface area (Å²) in [6.45, 7) is 1.55. The first kappa shape index (κ1) is 14.3. The number of Topliss-reactive ketones (excluding diaryl/α,β-unsaturated/α-hetero) is 1. The highest BCUT2D eigenvalue weighted by atomic mass is 35.5. The molecule has 1 aromatic rings. The highest BCUT2D eigenvalue weighted by molar-refractivity contribution is 6.21. The van der Waals surface area contributed by atoms with E-state index in [2.05, 4.69) is 0 Å². The maximum absolute atomic E-state index is 11.2. The SMILES string of the molecule is CC(=O)c1cccc(COC(Cl)CCCl)c1O. The predicted molar refractivity (Wildman–Crippen MR) is 67.9 cm³/mol. The summed E-state index contributed by atoms with van der Waals surface area (Å²) in [5.74, 6) is 0.176. The van der Waals surface area contributed by atoms with Gasteiger partial charge in [-0.3, -0.25) is 4.79 Å². The van der Waals surface area contributed by atoms with E-state index in [1.54, 1.807) is 18.2 Å². The van der Waals surface area contributed by atoms with Crippen molar-refractivity contribution in [1.29, 1.82) is 0 Å². The molecule has 94 valence electrons. The molecule has 0 amide bonds. The fourth-order valence-corrected chi connectivity index (χ4v) is 1.82. The van der Waals surface area contributed by atoms with Crippen LogP contribution in [0.25, 0.3) is 0 Å². The van der Waals surface area contributed by atoms with Crippen LogP contribution in [0.2, 0.25) is 0 Å². The van der Waals surface area contributed by atoms with E-state index >= 15 is 0 Å². The van der Waals surface area contributed by atoms with Crippen LogP contribution >= 0.6 is 23.2 Å². The Labute approximate surface area is 110 Å². The van der Waals surface area contributed by atoms with E-state index < -0.39 is 5.56 Å². The lowest BCUT2D eigenvalue weighted by molar-refractivity contribution is 0.0905. The molecule has 1 rings (SSSR count). The van der Waals surface area contributed by atoms with Crippen LogP contribution in [0.1, 0.15) is 29.3 Å². The molecular formula is C12H14Cl2O3. The van der Waals surface area contributed by atoms with Gasteiger partial charge in [0.25, 0.3) is 0 Å². The predicted octanol–water partition coefficient (Wildman–Crippen LogP) is 3.31. The third-order valence-electron chi connectivity index (χ3n) is 2.25. The summed E-state index contributed by atoms with van der Waals surface area (Å²) in [6.07, 6.45) is 0.524. The van der Waals surface area contributed by atoms with Gasteiger partial charge < -0.3 is 9.84 Å². The van der Waals surface area contributed by atoms with Crippen LogP contribution in [0.15, 0.2) is 18.2 Å². The molecule has 0 bridgehead atoms. The van der Waals surface area contributed by atoms with Crippen LogP contribution in [0, 0.1) is 0 Å². The minimum Gasteiger partial charge on any atom is -0.507 e. The Hall–Kier alpha value is -0.770. The van der Waals surface area contributed by atoms with Crippen LogP contribution < -0.4 is 0 Å². The van der Waals surface area contributed by atoms with Gasteiger partial charge in [-0.2, -0.15) is 0 Å². The molecular weight excluding hydrogens is 263 g/mol.